The number of carbonyl (C=O) groups is 1. The van der Waals surface area contributed by atoms with Crippen LogP contribution in [0, 0.1) is 0 Å². The topological polar surface area (TPSA) is 54.9 Å². The number of aromatic nitrogens is 2. The van der Waals surface area contributed by atoms with Crippen molar-refractivity contribution in [3.63, 3.8) is 0 Å². The first-order chi connectivity index (χ1) is 8.27. The fourth-order valence-corrected chi connectivity index (χ4v) is 1.49. The molecule has 4 nitrogen and oxygen atoms in total. The Kier molecular flexibility index (Phi) is 3.45. The predicted molar refractivity (Wildman–Crippen MR) is 64.4 cm³/mol. The van der Waals surface area contributed by atoms with Gasteiger partial charge in [-0.15, -0.1) is 0 Å². The molecule has 2 rings (SSSR count). The lowest BCUT2D eigenvalue weighted by atomic mass is 10.1. The molecule has 0 saturated heterocycles. The molecule has 2 aromatic rings. The highest BCUT2D eigenvalue weighted by Crippen LogP contribution is 2.10. The Morgan fingerprint density at radius 1 is 1.18 bits per heavy atom. The molecule has 0 fully saturated rings. The molecular formula is C13H13N3O. The molecule has 0 radical (unpaired) electrons. The van der Waals surface area contributed by atoms with Gasteiger partial charge in [-0.3, -0.25) is 14.8 Å². The van der Waals surface area contributed by atoms with Crippen molar-refractivity contribution in [3.8, 4) is 0 Å². The molecule has 2 heterocycles. The Labute approximate surface area is 99.7 Å². The van der Waals surface area contributed by atoms with E-state index in [1.807, 2.05) is 19.1 Å². The van der Waals surface area contributed by atoms with Gasteiger partial charge in [-0.1, -0.05) is 6.07 Å². The molecule has 0 bridgehead atoms. The summed E-state index contributed by atoms with van der Waals surface area (Å²) >= 11 is 0. The molecule has 0 saturated carbocycles. The SMILES string of the molecule is CC(NC(=O)c1cccnc1)c1cccnc1. The van der Waals surface area contributed by atoms with Crippen LogP contribution >= 0.6 is 0 Å². The van der Waals surface area contributed by atoms with Crippen LogP contribution in [0.1, 0.15) is 28.9 Å². The first-order valence-corrected chi connectivity index (χ1v) is 5.38. The molecule has 0 aromatic carbocycles. The van der Waals surface area contributed by atoms with Crippen LogP contribution in [0.2, 0.25) is 0 Å². The Morgan fingerprint density at radius 2 is 1.88 bits per heavy atom. The van der Waals surface area contributed by atoms with Crippen molar-refractivity contribution < 1.29 is 4.79 Å². The van der Waals surface area contributed by atoms with Gasteiger partial charge in [-0.05, 0) is 30.7 Å². The quantitative estimate of drug-likeness (QED) is 0.872. The summed E-state index contributed by atoms with van der Waals surface area (Å²) in [4.78, 5) is 19.8. The summed E-state index contributed by atoms with van der Waals surface area (Å²) in [7, 11) is 0. The lowest BCUT2D eigenvalue weighted by Crippen LogP contribution is -2.26. The second-order valence-electron chi connectivity index (χ2n) is 3.72. The molecule has 0 aliphatic heterocycles. The van der Waals surface area contributed by atoms with Crippen LogP contribution in [-0.2, 0) is 0 Å². The summed E-state index contributed by atoms with van der Waals surface area (Å²) < 4.78 is 0. The maximum Gasteiger partial charge on any atom is 0.253 e. The van der Waals surface area contributed by atoms with Crippen LogP contribution in [0.3, 0.4) is 0 Å². The number of pyridine rings is 2. The molecule has 1 N–H and O–H groups in total. The van der Waals surface area contributed by atoms with Crippen molar-refractivity contribution in [1.82, 2.24) is 15.3 Å². The van der Waals surface area contributed by atoms with E-state index in [9.17, 15) is 4.79 Å². The highest BCUT2D eigenvalue weighted by molar-refractivity contribution is 5.94. The third-order valence-corrected chi connectivity index (χ3v) is 2.46. The summed E-state index contributed by atoms with van der Waals surface area (Å²) in [6.45, 7) is 1.92. The zero-order valence-corrected chi connectivity index (χ0v) is 9.50. The Hall–Kier alpha value is -2.23. The van der Waals surface area contributed by atoms with Gasteiger partial charge in [-0.2, -0.15) is 0 Å². The number of nitrogens with one attached hydrogen (secondary N) is 1. The minimum atomic E-state index is -0.130. The fraction of sp³-hybridized carbons (Fsp3) is 0.154. The molecule has 1 atom stereocenters. The lowest BCUT2D eigenvalue weighted by Gasteiger charge is -2.13. The van der Waals surface area contributed by atoms with Crippen molar-refractivity contribution in [1.29, 1.82) is 0 Å². The molecule has 86 valence electrons. The zero-order valence-electron chi connectivity index (χ0n) is 9.50. The average Bonchev–Trinajstić information content (AvgIpc) is 2.40. The summed E-state index contributed by atoms with van der Waals surface area (Å²) in [6.07, 6.45) is 6.64. The molecule has 0 aliphatic rings. The standard InChI is InChI=1S/C13H13N3O/c1-10(11-4-2-6-14-8-11)16-13(17)12-5-3-7-15-9-12/h2-10H,1H3,(H,16,17). The van der Waals surface area contributed by atoms with Gasteiger partial charge in [0.25, 0.3) is 5.91 Å². The first-order valence-electron chi connectivity index (χ1n) is 5.38. The van der Waals surface area contributed by atoms with Crippen LogP contribution in [0.5, 0.6) is 0 Å². The van der Waals surface area contributed by atoms with Gasteiger partial charge in [-0.25, -0.2) is 0 Å². The second kappa shape index (κ2) is 5.21. The monoisotopic (exact) mass is 227 g/mol. The van der Waals surface area contributed by atoms with Gasteiger partial charge < -0.3 is 5.32 Å². The van der Waals surface area contributed by atoms with E-state index in [0.717, 1.165) is 5.56 Å². The van der Waals surface area contributed by atoms with Gasteiger partial charge in [0.2, 0.25) is 0 Å². The number of amides is 1. The minimum absolute atomic E-state index is 0.0728. The second-order valence-corrected chi connectivity index (χ2v) is 3.72. The van der Waals surface area contributed by atoms with Gasteiger partial charge in [0.05, 0.1) is 11.6 Å². The van der Waals surface area contributed by atoms with Gasteiger partial charge >= 0.3 is 0 Å². The van der Waals surface area contributed by atoms with E-state index in [-0.39, 0.29) is 11.9 Å². The largest absolute Gasteiger partial charge is 0.345 e. The summed E-state index contributed by atoms with van der Waals surface area (Å²) in [6, 6.07) is 7.18. The molecule has 0 spiro atoms. The van der Waals surface area contributed by atoms with Crippen LogP contribution < -0.4 is 5.32 Å². The van der Waals surface area contributed by atoms with Crippen molar-refractivity contribution in [2.24, 2.45) is 0 Å². The van der Waals surface area contributed by atoms with E-state index in [0.29, 0.717) is 5.56 Å². The van der Waals surface area contributed by atoms with Gasteiger partial charge in [0.1, 0.15) is 0 Å². The molecule has 2 aromatic heterocycles. The van der Waals surface area contributed by atoms with Crippen molar-refractivity contribution in [2.45, 2.75) is 13.0 Å². The van der Waals surface area contributed by atoms with Gasteiger partial charge in [0.15, 0.2) is 0 Å². The van der Waals surface area contributed by atoms with E-state index in [1.54, 1.807) is 36.9 Å². The number of rotatable bonds is 3. The normalized spacial score (nSPS) is 11.8. The molecule has 1 unspecified atom stereocenters. The summed E-state index contributed by atoms with van der Waals surface area (Å²) in [5.41, 5.74) is 1.54. The predicted octanol–water partition coefficient (Wildman–Crippen LogP) is 1.97. The average molecular weight is 227 g/mol. The Bertz CT molecular complexity index is 485. The van der Waals surface area contributed by atoms with Crippen LogP contribution in [0.4, 0.5) is 0 Å². The molecular weight excluding hydrogens is 214 g/mol. The highest BCUT2D eigenvalue weighted by Gasteiger charge is 2.10. The van der Waals surface area contributed by atoms with Crippen molar-refractivity contribution in [3.05, 3.63) is 60.2 Å². The van der Waals surface area contributed by atoms with Crippen molar-refractivity contribution in [2.75, 3.05) is 0 Å². The van der Waals surface area contributed by atoms with Crippen LogP contribution in [-0.4, -0.2) is 15.9 Å². The number of hydrogen-bond donors (Lipinski definition) is 1. The first kappa shape index (κ1) is 11.3. The van der Waals surface area contributed by atoms with Crippen LogP contribution in [0.15, 0.2) is 49.1 Å². The molecule has 1 amide bonds. The molecule has 17 heavy (non-hydrogen) atoms. The van der Waals surface area contributed by atoms with Gasteiger partial charge in [0, 0.05) is 24.8 Å². The Balaban J connectivity index is 2.05. The lowest BCUT2D eigenvalue weighted by molar-refractivity contribution is 0.0939. The third kappa shape index (κ3) is 2.87. The number of nitrogens with zero attached hydrogens (tertiary/aromatic N) is 2. The van der Waals surface area contributed by atoms with E-state index >= 15 is 0 Å². The number of hydrogen-bond acceptors (Lipinski definition) is 3. The summed E-state index contributed by atoms with van der Waals surface area (Å²) in [5.74, 6) is -0.130. The molecule has 4 heteroatoms. The van der Waals surface area contributed by atoms with E-state index < -0.39 is 0 Å². The molecule has 0 aliphatic carbocycles. The third-order valence-electron chi connectivity index (χ3n) is 2.46. The minimum Gasteiger partial charge on any atom is -0.345 e. The smallest absolute Gasteiger partial charge is 0.253 e. The maximum absolute atomic E-state index is 11.9. The Morgan fingerprint density at radius 3 is 2.47 bits per heavy atom. The van der Waals surface area contributed by atoms with E-state index in [4.69, 9.17) is 0 Å². The van der Waals surface area contributed by atoms with E-state index in [2.05, 4.69) is 15.3 Å². The fourth-order valence-electron chi connectivity index (χ4n) is 1.49. The van der Waals surface area contributed by atoms with Crippen LogP contribution in [0.25, 0.3) is 0 Å². The highest BCUT2D eigenvalue weighted by atomic mass is 16.1. The van der Waals surface area contributed by atoms with Crippen molar-refractivity contribution >= 4 is 5.91 Å². The van der Waals surface area contributed by atoms with E-state index in [1.165, 1.54) is 0 Å². The zero-order chi connectivity index (χ0) is 12.1. The maximum atomic E-state index is 11.9. The summed E-state index contributed by atoms with van der Waals surface area (Å²) in [5, 5.41) is 2.89. The number of carbonyl (C=O) groups excluding carboxylic acids is 1.